The van der Waals surface area contributed by atoms with E-state index in [4.69, 9.17) is 4.74 Å². The van der Waals surface area contributed by atoms with E-state index in [1.807, 2.05) is 0 Å². The number of hydrogen-bond acceptors (Lipinski definition) is 5. The summed E-state index contributed by atoms with van der Waals surface area (Å²) >= 11 is 0. The van der Waals surface area contributed by atoms with E-state index < -0.39 is 21.8 Å². The molecule has 178 valence electrons. The average molecular weight is 484 g/mol. The van der Waals surface area contributed by atoms with E-state index in [9.17, 15) is 26.4 Å². The smallest absolute Gasteiger partial charge is 0.416 e. The molecule has 0 aromatic heterocycles. The standard InChI is InChI=1S/C22H24F3N3O4S/c1-32-20-8-7-18(15-19(20)28-9-3-6-21(28)29)33(30,31)27-12-10-26(11-13-27)17-5-2-4-16(14-17)22(23,24)25/h2,4-5,7-8,14-15H,3,6,9-13H2,1H3. The molecule has 1 amide bonds. The van der Waals surface area contributed by atoms with Crippen molar-refractivity contribution < 1.29 is 31.1 Å². The molecule has 0 unspecified atom stereocenters. The van der Waals surface area contributed by atoms with Gasteiger partial charge in [0.25, 0.3) is 0 Å². The number of alkyl halides is 3. The predicted octanol–water partition coefficient (Wildman–Crippen LogP) is 3.35. The maximum Gasteiger partial charge on any atom is 0.416 e. The number of halogens is 3. The molecule has 0 saturated carbocycles. The van der Waals surface area contributed by atoms with Crippen LogP contribution in [0, 0.1) is 0 Å². The highest BCUT2D eigenvalue weighted by Gasteiger charge is 2.33. The molecule has 0 spiro atoms. The number of benzene rings is 2. The second kappa shape index (κ2) is 8.86. The van der Waals surface area contributed by atoms with Gasteiger partial charge in [0.2, 0.25) is 15.9 Å². The number of ether oxygens (including phenoxy) is 1. The molecular weight excluding hydrogens is 459 g/mol. The lowest BCUT2D eigenvalue weighted by Crippen LogP contribution is -2.48. The second-order valence-corrected chi connectivity index (χ2v) is 9.86. The second-order valence-electron chi connectivity index (χ2n) is 7.92. The zero-order valence-electron chi connectivity index (χ0n) is 18.0. The minimum absolute atomic E-state index is 0.0468. The van der Waals surface area contributed by atoms with E-state index in [2.05, 4.69) is 0 Å². The Morgan fingerprint density at radius 1 is 0.970 bits per heavy atom. The molecule has 0 N–H and O–H groups in total. The van der Waals surface area contributed by atoms with Gasteiger partial charge >= 0.3 is 6.18 Å². The highest BCUT2D eigenvalue weighted by molar-refractivity contribution is 7.89. The summed E-state index contributed by atoms with van der Waals surface area (Å²) in [5.74, 6) is 0.330. The SMILES string of the molecule is COc1ccc(S(=O)(=O)N2CCN(c3cccc(C(F)(F)F)c3)CC2)cc1N1CCCC1=O. The molecule has 2 aliphatic heterocycles. The Hall–Kier alpha value is -2.79. The molecule has 0 bridgehead atoms. The summed E-state index contributed by atoms with van der Waals surface area (Å²) in [6.07, 6.45) is -3.35. The van der Waals surface area contributed by atoms with Gasteiger partial charge in [0.05, 0.1) is 23.3 Å². The highest BCUT2D eigenvalue weighted by atomic mass is 32.2. The van der Waals surface area contributed by atoms with Crippen LogP contribution in [-0.4, -0.2) is 58.5 Å². The first-order valence-corrected chi connectivity index (χ1v) is 12.0. The largest absolute Gasteiger partial charge is 0.495 e. The van der Waals surface area contributed by atoms with Crippen LogP contribution in [0.15, 0.2) is 47.4 Å². The topological polar surface area (TPSA) is 70.2 Å². The molecule has 11 heteroatoms. The number of hydrogen-bond donors (Lipinski definition) is 0. The lowest BCUT2D eigenvalue weighted by Gasteiger charge is -2.35. The summed E-state index contributed by atoms with van der Waals surface area (Å²) in [5.41, 5.74) is 0.0853. The van der Waals surface area contributed by atoms with Crippen molar-refractivity contribution in [1.82, 2.24) is 4.31 Å². The Kier molecular flexibility index (Phi) is 6.28. The summed E-state index contributed by atoms with van der Waals surface area (Å²) in [6, 6.07) is 9.45. The van der Waals surface area contributed by atoms with Crippen LogP contribution in [0.5, 0.6) is 5.75 Å². The number of piperazine rings is 1. The summed E-state index contributed by atoms with van der Waals surface area (Å²) in [7, 11) is -2.40. The lowest BCUT2D eigenvalue weighted by atomic mass is 10.1. The third-order valence-electron chi connectivity index (χ3n) is 5.93. The molecule has 2 fully saturated rings. The monoisotopic (exact) mass is 483 g/mol. The quantitative estimate of drug-likeness (QED) is 0.653. The molecule has 2 aromatic carbocycles. The summed E-state index contributed by atoms with van der Waals surface area (Å²) in [4.78, 5) is 15.5. The number of carbonyl (C=O) groups excluding carboxylic acids is 1. The van der Waals surface area contributed by atoms with Gasteiger partial charge in [-0.3, -0.25) is 4.79 Å². The number of amides is 1. The molecule has 7 nitrogen and oxygen atoms in total. The van der Waals surface area contributed by atoms with Gasteiger partial charge in [-0.2, -0.15) is 17.5 Å². The Labute approximate surface area is 190 Å². The van der Waals surface area contributed by atoms with Gasteiger partial charge in [0.1, 0.15) is 5.75 Å². The maximum atomic E-state index is 13.3. The molecule has 4 rings (SSSR count). The predicted molar refractivity (Wildman–Crippen MR) is 117 cm³/mol. The van der Waals surface area contributed by atoms with Crippen molar-refractivity contribution in [3.63, 3.8) is 0 Å². The Morgan fingerprint density at radius 2 is 1.70 bits per heavy atom. The van der Waals surface area contributed by atoms with Crippen molar-refractivity contribution >= 4 is 27.3 Å². The number of methoxy groups -OCH3 is 1. The maximum absolute atomic E-state index is 13.3. The summed E-state index contributed by atoms with van der Waals surface area (Å²) < 4.78 is 72.3. The van der Waals surface area contributed by atoms with E-state index in [-0.39, 0.29) is 37.0 Å². The zero-order valence-corrected chi connectivity index (χ0v) is 18.8. The van der Waals surface area contributed by atoms with Crippen LogP contribution in [0.4, 0.5) is 24.5 Å². The first-order valence-electron chi connectivity index (χ1n) is 10.5. The van der Waals surface area contributed by atoms with Gasteiger partial charge in [-0.1, -0.05) is 6.07 Å². The average Bonchev–Trinajstić information content (AvgIpc) is 3.24. The number of anilines is 2. The van der Waals surface area contributed by atoms with Crippen molar-refractivity contribution in [1.29, 1.82) is 0 Å². The van der Waals surface area contributed by atoms with Gasteiger partial charge in [-0.05, 0) is 42.8 Å². The fraction of sp³-hybridized carbons (Fsp3) is 0.409. The number of sulfonamides is 1. The molecule has 0 aliphatic carbocycles. The molecule has 0 radical (unpaired) electrons. The van der Waals surface area contributed by atoms with Crippen molar-refractivity contribution in [3.05, 3.63) is 48.0 Å². The van der Waals surface area contributed by atoms with Gasteiger partial charge < -0.3 is 14.5 Å². The number of carbonyl (C=O) groups is 1. The molecule has 2 heterocycles. The number of rotatable bonds is 5. The van der Waals surface area contributed by atoms with Crippen molar-refractivity contribution in [2.75, 3.05) is 49.6 Å². The molecule has 33 heavy (non-hydrogen) atoms. The van der Waals surface area contributed by atoms with Gasteiger partial charge in [-0.25, -0.2) is 8.42 Å². The van der Waals surface area contributed by atoms with Crippen molar-refractivity contribution in [3.8, 4) is 5.75 Å². The van der Waals surface area contributed by atoms with Gasteiger partial charge in [-0.15, -0.1) is 0 Å². The summed E-state index contributed by atoms with van der Waals surface area (Å²) in [6.45, 7) is 1.27. The zero-order chi connectivity index (χ0) is 23.8. The minimum Gasteiger partial charge on any atom is -0.495 e. The first kappa shape index (κ1) is 23.4. The van der Waals surface area contributed by atoms with Crippen LogP contribution in [0.1, 0.15) is 18.4 Å². The third-order valence-corrected chi connectivity index (χ3v) is 7.82. The molecule has 2 aliphatic rings. The van der Waals surface area contributed by atoms with Crippen LogP contribution < -0.4 is 14.5 Å². The van der Waals surface area contributed by atoms with Crippen LogP contribution in [0.25, 0.3) is 0 Å². The van der Waals surface area contributed by atoms with E-state index >= 15 is 0 Å². The van der Waals surface area contributed by atoms with Crippen molar-refractivity contribution in [2.45, 2.75) is 23.9 Å². The first-order chi connectivity index (χ1) is 15.6. The summed E-state index contributed by atoms with van der Waals surface area (Å²) in [5, 5.41) is 0. The Morgan fingerprint density at radius 3 is 2.30 bits per heavy atom. The van der Waals surface area contributed by atoms with Crippen LogP contribution >= 0.6 is 0 Å². The third kappa shape index (κ3) is 4.65. The van der Waals surface area contributed by atoms with Crippen LogP contribution in [-0.2, 0) is 21.0 Å². The number of nitrogens with zero attached hydrogens (tertiary/aromatic N) is 3. The molecule has 2 aromatic rings. The Bertz CT molecular complexity index is 1150. The molecular formula is C22H24F3N3O4S. The van der Waals surface area contributed by atoms with E-state index in [1.165, 1.54) is 40.6 Å². The van der Waals surface area contributed by atoms with E-state index in [1.54, 1.807) is 11.0 Å². The van der Waals surface area contributed by atoms with Crippen LogP contribution in [0.2, 0.25) is 0 Å². The molecule has 0 atom stereocenters. The Balaban J connectivity index is 1.52. The minimum atomic E-state index is -4.44. The fourth-order valence-corrected chi connectivity index (χ4v) is 5.60. The lowest BCUT2D eigenvalue weighted by molar-refractivity contribution is -0.137. The normalized spacial score (nSPS) is 18.1. The van der Waals surface area contributed by atoms with Crippen LogP contribution in [0.3, 0.4) is 0 Å². The van der Waals surface area contributed by atoms with E-state index in [0.29, 0.717) is 36.5 Å². The van der Waals surface area contributed by atoms with Gasteiger partial charge in [0, 0.05) is 44.8 Å². The van der Waals surface area contributed by atoms with Crippen molar-refractivity contribution in [2.24, 2.45) is 0 Å². The molecule has 2 saturated heterocycles. The fourth-order valence-electron chi connectivity index (χ4n) is 4.16. The van der Waals surface area contributed by atoms with E-state index in [0.717, 1.165) is 12.1 Å². The highest BCUT2D eigenvalue weighted by Crippen LogP contribution is 2.35. The van der Waals surface area contributed by atoms with Gasteiger partial charge in [0.15, 0.2) is 0 Å².